The van der Waals surface area contributed by atoms with E-state index in [0.717, 1.165) is 12.2 Å². The number of H-pyrrole nitrogens is 1. The summed E-state index contributed by atoms with van der Waals surface area (Å²) in [5, 5.41) is 20.8. The first-order valence-corrected chi connectivity index (χ1v) is 6.57. The summed E-state index contributed by atoms with van der Waals surface area (Å²) in [4.78, 5) is 26.6. The molecule has 1 aromatic rings. The van der Waals surface area contributed by atoms with Crippen LogP contribution < -0.4 is 10.6 Å². The molecule has 0 spiro atoms. The number of hydrogen-bond acceptors (Lipinski definition) is 4. The minimum Gasteiger partial charge on any atom is -0.481 e. The van der Waals surface area contributed by atoms with E-state index in [1.165, 1.54) is 6.33 Å². The van der Waals surface area contributed by atoms with E-state index in [9.17, 15) is 9.59 Å². The number of urea groups is 1. The van der Waals surface area contributed by atoms with Gasteiger partial charge in [-0.2, -0.15) is 5.10 Å². The monoisotopic (exact) mass is 283 g/mol. The number of aromatic nitrogens is 3. The number of nitrogens with zero attached hydrogens (tertiary/aromatic N) is 2. The number of carboxylic acid groups (broad SMARTS) is 1. The van der Waals surface area contributed by atoms with Gasteiger partial charge in [0.15, 0.2) is 0 Å². The van der Waals surface area contributed by atoms with Crippen LogP contribution >= 0.6 is 0 Å². The Kier molecular flexibility index (Phi) is 5.95. The first-order chi connectivity index (χ1) is 9.48. The lowest BCUT2D eigenvalue weighted by Crippen LogP contribution is -2.44. The number of amides is 2. The van der Waals surface area contributed by atoms with Crippen LogP contribution in [0.1, 0.15) is 32.5 Å². The van der Waals surface area contributed by atoms with Crippen molar-refractivity contribution in [1.82, 2.24) is 25.8 Å². The molecule has 0 aliphatic heterocycles. The maximum absolute atomic E-state index is 11.5. The van der Waals surface area contributed by atoms with Gasteiger partial charge in [0.2, 0.25) is 0 Å². The van der Waals surface area contributed by atoms with Crippen LogP contribution in [-0.4, -0.2) is 45.4 Å². The summed E-state index contributed by atoms with van der Waals surface area (Å²) in [6.07, 6.45) is 3.32. The molecule has 2 amide bonds. The minimum atomic E-state index is -0.933. The molecule has 20 heavy (non-hydrogen) atoms. The molecule has 0 aliphatic rings. The van der Waals surface area contributed by atoms with Gasteiger partial charge >= 0.3 is 12.0 Å². The summed E-state index contributed by atoms with van der Waals surface area (Å²) in [5.41, 5.74) is -0.933. The van der Waals surface area contributed by atoms with Crippen molar-refractivity contribution in [3.8, 4) is 0 Å². The summed E-state index contributed by atoms with van der Waals surface area (Å²) in [5.74, 6) is -0.137. The SMILES string of the molecule is CCC(C)(CNC(=O)NCCCc1ncn[nH]1)C(=O)O. The molecule has 8 heteroatoms. The normalized spacial score (nSPS) is 13.5. The molecule has 0 aromatic carbocycles. The lowest BCUT2D eigenvalue weighted by atomic mass is 9.88. The van der Waals surface area contributed by atoms with Crippen LogP contribution in [0.25, 0.3) is 0 Å². The first-order valence-electron chi connectivity index (χ1n) is 6.57. The number of aromatic amines is 1. The van der Waals surface area contributed by atoms with Crippen molar-refractivity contribution in [3.63, 3.8) is 0 Å². The number of aliphatic carboxylic acids is 1. The molecule has 0 aliphatic carbocycles. The summed E-state index contributed by atoms with van der Waals surface area (Å²) in [6, 6.07) is -0.358. The summed E-state index contributed by atoms with van der Waals surface area (Å²) in [6.45, 7) is 3.99. The van der Waals surface area contributed by atoms with E-state index in [0.29, 0.717) is 19.4 Å². The molecule has 0 saturated carbocycles. The van der Waals surface area contributed by atoms with Crippen molar-refractivity contribution in [1.29, 1.82) is 0 Å². The Labute approximate surface area is 117 Å². The molecule has 4 N–H and O–H groups in total. The molecular weight excluding hydrogens is 262 g/mol. The fraction of sp³-hybridized carbons (Fsp3) is 0.667. The van der Waals surface area contributed by atoms with Gasteiger partial charge in [0.25, 0.3) is 0 Å². The second-order valence-corrected chi connectivity index (χ2v) is 4.86. The summed E-state index contributed by atoms with van der Waals surface area (Å²) < 4.78 is 0. The molecular formula is C12H21N5O3. The lowest BCUT2D eigenvalue weighted by Gasteiger charge is -2.23. The quantitative estimate of drug-likeness (QED) is 0.519. The first kappa shape index (κ1) is 15.9. The lowest BCUT2D eigenvalue weighted by molar-refractivity contribution is -0.147. The largest absolute Gasteiger partial charge is 0.481 e. The van der Waals surface area contributed by atoms with Crippen LogP contribution in [0.4, 0.5) is 4.79 Å². The van der Waals surface area contributed by atoms with Gasteiger partial charge in [0.05, 0.1) is 5.41 Å². The molecule has 8 nitrogen and oxygen atoms in total. The van der Waals surface area contributed by atoms with Crippen molar-refractivity contribution < 1.29 is 14.7 Å². The molecule has 1 atom stereocenters. The highest BCUT2D eigenvalue weighted by atomic mass is 16.4. The molecule has 112 valence electrons. The number of carboxylic acids is 1. The maximum Gasteiger partial charge on any atom is 0.314 e. The Morgan fingerprint density at radius 2 is 2.20 bits per heavy atom. The van der Waals surface area contributed by atoms with Crippen LogP contribution in [-0.2, 0) is 11.2 Å². The summed E-state index contributed by atoms with van der Waals surface area (Å²) in [7, 11) is 0. The second kappa shape index (κ2) is 7.46. The zero-order chi connectivity index (χ0) is 15.0. The van der Waals surface area contributed by atoms with E-state index >= 15 is 0 Å². The van der Waals surface area contributed by atoms with Crippen molar-refractivity contribution in [2.75, 3.05) is 13.1 Å². The van der Waals surface area contributed by atoms with Crippen molar-refractivity contribution in [2.24, 2.45) is 5.41 Å². The van der Waals surface area contributed by atoms with E-state index in [1.807, 2.05) is 0 Å². The topological polar surface area (TPSA) is 120 Å². The highest BCUT2D eigenvalue weighted by Gasteiger charge is 2.31. The zero-order valence-electron chi connectivity index (χ0n) is 11.8. The molecule has 0 saturated heterocycles. The van der Waals surface area contributed by atoms with E-state index in [-0.39, 0.29) is 12.6 Å². The van der Waals surface area contributed by atoms with E-state index in [2.05, 4.69) is 25.8 Å². The number of rotatable bonds is 8. The van der Waals surface area contributed by atoms with Crippen LogP contribution in [0.15, 0.2) is 6.33 Å². The smallest absolute Gasteiger partial charge is 0.314 e. The molecule has 0 bridgehead atoms. The number of aryl methyl sites for hydroxylation is 1. The fourth-order valence-electron chi connectivity index (χ4n) is 1.50. The Morgan fingerprint density at radius 1 is 1.45 bits per heavy atom. The molecule has 1 heterocycles. The molecule has 0 radical (unpaired) electrons. The zero-order valence-corrected chi connectivity index (χ0v) is 11.8. The van der Waals surface area contributed by atoms with E-state index in [4.69, 9.17) is 5.11 Å². The van der Waals surface area contributed by atoms with Crippen LogP contribution in [0.5, 0.6) is 0 Å². The molecule has 1 unspecified atom stereocenters. The minimum absolute atomic E-state index is 0.104. The van der Waals surface area contributed by atoms with Gasteiger partial charge in [0.1, 0.15) is 12.2 Å². The Hall–Kier alpha value is -2.12. The van der Waals surface area contributed by atoms with E-state index < -0.39 is 11.4 Å². The number of nitrogens with one attached hydrogen (secondary N) is 3. The predicted molar refractivity (Wildman–Crippen MR) is 72.1 cm³/mol. The molecule has 1 aromatic heterocycles. The molecule has 0 fully saturated rings. The van der Waals surface area contributed by atoms with Crippen molar-refractivity contribution in [2.45, 2.75) is 33.1 Å². The van der Waals surface area contributed by atoms with Gasteiger partial charge < -0.3 is 15.7 Å². The van der Waals surface area contributed by atoms with Gasteiger partial charge in [-0.05, 0) is 19.8 Å². The maximum atomic E-state index is 11.5. The third-order valence-electron chi connectivity index (χ3n) is 3.28. The fourth-order valence-corrected chi connectivity index (χ4v) is 1.50. The van der Waals surface area contributed by atoms with Crippen molar-refractivity contribution >= 4 is 12.0 Å². The van der Waals surface area contributed by atoms with Gasteiger partial charge in [-0.25, -0.2) is 9.78 Å². The van der Waals surface area contributed by atoms with Gasteiger partial charge in [0, 0.05) is 19.5 Å². The Bertz CT molecular complexity index is 434. The van der Waals surface area contributed by atoms with Gasteiger partial charge in [-0.3, -0.25) is 9.89 Å². The average molecular weight is 283 g/mol. The van der Waals surface area contributed by atoms with Crippen LogP contribution in [0, 0.1) is 5.41 Å². The molecule has 1 rings (SSSR count). The van der Waals surface area contributed by atoms with Gasteiger partial charge in [-0.15, -0.1) is 0 Å². The third kappa shape index (κ3) is 4.87. The number of carbonyl (C=O) groups excluding carboxylic acids is 1. The highest BCUT2D eigenvalue weighted by Crippen LogP contribution is 2.19. The summed E-state index contributed by atoms with van der Waals surface area (Å²) >= 11 is 0. The highest BCUT2D eigenvalue weighted by molar-refractivity contribution is 5.77. The van der Waals surface area contributed by atoms with Gasteiger partial charge in [-0.1, -0.05) is 6.92 Å². The van der Waals surface area contributed by atoms with Crippen LogP contribution in [0.2, 0.25) is 0 Å². The standard InChI is InChI=1S/C12H21N5O3/c1-3-12(2,10(18)19)7-14-11(20)13-6-4-5-9-15-8-16-17-9/h8H,3-7H2,1-2H3,(H,18,19)(H2,13,14,20)(H,15,16,17). The average Bonchev–Trinajstić information content (AvgIpc) is 2.94. The van der Waals surface area contributed by atoms with Crippen LogP contribution in [0.3, 0.4) is 0 Å². The third-order valence-corrected chi connectivity index (χ3v) is 3.28. The Morgan fingerprint density at radius 3 is 2.75 bits per heavy atom. The second-order valence-electron chi connectivity index (χ2n) is 4.86. The Balaban J connectivity index is 2.18. The van der Waals surface area contributed by atoms with Crippen molar-refractivity contribution in [3.05, 3.63) is 12.2 Å². The predicted octanol–water partition coefficient (Wildman–Crippen LogP) is 0.537. The number of carbonyl (C=O) groups is 2. The number of hydrogen-bond donors (Lipinski definition) is 4. The van der Waals surface area contributed by atoms with E-state index in [1.54, 1.807) is 13.8 Å².